The van der Waals surface area contributed by atoms with E-state index in [1.54, 1.807) is 0 Å². The highest BCUT2D eigenvalue weighted by Crippen LogP contribution is 1.86. The summed E-state index contributed by atoms with van der Waals surface area (Å²) in [4.78, 5) is 20.3. The van der Waals surface area contributed by atoms with E-state index in [0.717, 1.165) is 25.9 Å². The van der Waals surface area contributed by atoms with Gasteiger partial charge in [-0.05, 0) is 25.9 Å². The second kappa shape index (κ2) is 13.2. The maximum Gasteiger partial charge on any atom is 0.304 e. The molecule has 0 unspecified atom stereocenters. The molecule has 0 radical (unpaired) electrons. The van der Waals surface area contributed by atoms with Gasteiger partial charge in [-0.1, -0.05) is 0 Å². The number of hydrogen-bond donors (Lipinski definition) is 4. The van der Waals surface area contributed by atoms with Crippen molar-refractivity contribution in [1.29, 1.82) is 0 Å². The second-order valence-electron chi connectivity index (χ2n) is 3.49. The van der Waals surface area contributed by atoms with Crippen molar-refractivity contribution in [3.8, 4) is 0 Å². The summed E-state index contributed by atoms with van der Waals surface area (Å²) in [7, 11) is 0. The van der Waals surface area contributed by atoms with E-state index in [9.17, 15) is 9.59 Å². The molecule has 0 aromatic carbocycles. The van der Waals surface area contributed by atoms with Crippen molar-refractivity contribution < 1.29 is 19.8 Å². The van der Waals surface area contributed by atoms with Crippen LogP contribution in [0, 0.1) is 0 Å². The summed E-state index contributed by atoms with van der Waals surface area (Å²) in [6.07, 6.45) is 2.22. The van der Waals surface area contributed by atoms with Crippen LogP contribution in [0.1, 0.15) is 25.7 Å². The minimum atomic E-state index is -0.789. The van der Waals surface area contributed by atoms with Crippen molar-refractivity contribution in [3.05, 3.63) is 0 Å². The Labute approximate surface area is 107 Å². The van der Waals surface area contributed by atoms with Crippen molar-refractivity contribution in [2.75, 3.05) is 26.2 Å². The summed E-state index contributed by atoms with van der Waals surface area (Å²) >= 11 is 0. The molecule has 0 saturated heterocycles. The Kier molecular flexibility index (Phi) is 14.4. The van der Waals surface area contributed by atoms with Crippen molar-refractivity contribution in [2.45, 2.75) is 25.7 Å². The van der Waals surface area contributed by atoms with Gasteiger partial charge in [-0.2, -0.15) is 0 Å². The molecule has 0 spiro atoms. The maximum absolute atomic E-state index is 10.2. The minimum absolute atomic E-state index is 0. The molecule has 0 saturated carbocycles. The molecule has 6 nitrogen and oxygen atoms in total. The zero-order valence-corrected chi connectivity index (χ0v) is 10.6. The van der Waals surface area contributed by atoms with Gasteiger partial charge in [-0.15, -0.1) is 12.4 Å². The number of aliphatic carboxylic acids is 2. The van der Waals surface area contributed by atoms with Crippen LogP contribution < -0.4 is 10.6 Å². The van der Waals surface area contributed by atoms with E-state index in [1.807, 2.05) is 0 Å². The zero-order valence-electron chi connectivity index (χ0n) is 9.78. The molecule has 0 aromatic rings. The lowest BCUT2D eigenvalue weighted by atomic mass is 10.3. The first-order valence-electron chi connectivity index (χ1n) is 5.48. The lowest BCUT2D eigenvalue weighted by Gasteiger charge is -2.04. The monoisotopic (exact) mass is 268 g/mol. The van der Waals surface area contributed by atoms with Crippen LogP contribution in [0.5, 0.6) is 0 Å². The maximum atomic E-state index is 10.2. The van der Waals surface area contributed by atoms with Crippen LogP contribution in [-0.2, 0) is 9.59 Å². The topological polar surface area (TPSA) is 98.7 Å². The molecule has 0 bridgehead atoms. The first-order valence-corrected chi connectivity index (χ1v) is 5.48. The molecule has 0 fully saturated rings. The number of rotatable bonds is 11. The van der Waals surface area contributed by atoms with Gasteiger partial charge in [0.25, 0.3) is 0 Å². The Morgan fingerprint density at radius 2 is 1.12 bits per heavy atom. The van der Waals surface area contributed by atoms with Gasteiger partial charge in [0.15, 0.2) is 0 Å². The highest BCUT2D eigenvalue weighted by atomic mass is 35.5. The minimum Gasteiger partial charge on any atom is -0.481 e. The van der Waals surface area contributed by atoms with E-state index in [-0.39, 0.29) is 25.2 Å². The Morgan fingerprint density at radius 3 is 1.41 bits per heavy atom. The van der Waals surface area contributed by atoms with Gasteiger partial charge < -0.3 is 20.8 Å². The molecule has 4 N–H and O–H groups in total. The van der Waals surface area contributed by atoms with Gasteiger partial charge in [-0.3, -0.25) is 9.59 Å². The Morgan fingerprint density at radius 1 is 0.765 bits per heavy atom. The van der Waals surface area contributed by atoms with Crippen molar-refractivity contribution in [1.82, 2.24) is 10.6 Å². The Balaban J connectivity index is 0. The van der Waals surface area contributed by atoms with Crippen LogP contribution in [0.2, 0.25) is 0 Å². The number of unbranched alkanes of at least 4 members (excludes halogenated alkanes) is 1. The average Bonchev–Trinajstić information content (AvgIpc) is 2.20. The summed E-state index contributed by atoms with van der Waals surface area (Å²) in [5.41, 5.74) is 0. The molecule has 0 heterocycles. The average molecular weight is 269 g/mol. The third kappa shape index (κ3) is 17.7. The largest absolute Gasteiger partial charge is 0.481 e. The molecule has 0 amide bonds. The molecule has 0 aliphatic heterocycles. The highest BCUT2D eigenvalue weighted by molar-refractivity contribution is 5.85. The van der Waals surface area contributed by atoms with Gasteiger partial charge >= 0.3 is 11.9 Å². The fraction of sp³-hybridized carbons (Fsp3) is 0.800. The number of nitrogens with one attached hydrogen (secondary N) is 2. The number of carboxylic acid groups (broad SMARTS) is 2. The van der Waals surface area contributed by atoms with Crippen LogP contribution in [0.3, 0.4) is 0 Å². The first kappa shape index (κ1) is 18.5. The first-order chi connectivity index (χ1) is 7.63. The Hall–Kier alpha value is -0.850. The van der Waals surface area contributed by atoms with E-state index in [0.29, 0.717) is 13.1 Å². The standard InChI is InChI=1S/C10H20N2O4.ClH/c13-9(14)3-7-11-5-1-2-6-12-8-4-10(15)16;/h11-12H,1-8H2,(H,13,14)(H,15,16);1H. The fourth-order valence-corrected chi connectivity index (χ4v) is 1.14. The number of carbonyl (C=O) groups is 2. The molecule has 0 aliphatic rings. The molecule has 102 valence electrons. The van der Waals surface area contributed by atoms with Crippen molar-refractivity contribution in [3.63, 3.8) is 0 Å². The van der Waals surface area contributed by atoms with Gasteiger partial charge in [0, 0.05) is 13.1 Å². The van der Waals surface area contributed by atoms with E-state index < -0.39 is 11.9 Å². The lowest BCUT2D eigenvalue weighted by Crippen LogP contribution is -2.22. The summed E-state index contributed by atoms with van der Waals surface area (Å²) in [6, 6.07) is 0. The van der Waals surface area contributed by atoms with Gasteiger partial charge in [0.05, 0.1) is 12.8 Å². The number of hydrogen-bond acceptors (Lipinski definition) is 4. The third-order valence-corrected chi connectivity index (χ3v) is 1.99. The van der Waals surface area contributed by atoms with E-state index in [4.69, 9.17) is 10.2 Å². The predicted octanol–water partition coefficient (Wildman–Crippen LogP) is 0.317. The smallest absolute Gasteiger partial charge is 0.304 e. The summed E-state index contributed by atoms with van der Waals surface area (Å²) in [5.74, 6) is -1.58. The third-order valence-electron chi connectivity index (χ3n) is 1.99. The SMILES string of the molecule is Cl.O=C(O)CCNCCCCNCCC(=O)O. The fourth-order valence-electron chi connectivity index (χ4n) is 1.14. The van der Waals surface area contributed by atoms with Gasteiger partial charge in [0.2, 0.25) is 0 Å². The Bertz CT molecular complexity index is 192. The van der Waals surface area contributed by atoms with Crippen LogP contribution in [0.15, 0.2) is 0 Å². The molecular weight excluding hydrogens is 248 g/mol. The molecule has 0 aromatic heterocycles. The van der Waals surface area contributed by atoms with Crippen LogP contribution in [-0.4, -0.2) is 48.3 Å². The second-order valence-corrected chi connectivity index (χ2v) is 3.49. The number of carboxylic acids is 2. The van der Waals surface area contributed by atoms with Crippen LogP contribution in [0.4, 0.5) is 0 Å². The summed E-state index contributed by atoms with van der Waals surface area (Å²) in [6.45, 7) is 2.60. The highest BCUT2D eigenvalue weighted by Gasteiger charge is 1.96. The van der Waals surface area contributed by atoms with Crippen molar-refractivity contribution in [2.24, 2.45) is 0 Å². The van der Waals surface area contributed by atoms with E-state index in [1.165, 1.54) is 0 Å². The molecule has 0 aliphatic carbocycles. The van der Waals surface area contributed by atoms with E-state index >= 15 is 0 Å². The summed E-state index contributed by atoms with van der Waals surface area (Å²) < 4.78 is 0. The van der Waals surface area contributed by atoms with Gasteiger partial charge in [0.1, 0.15) is 0 Å². The van der Waals surface area contributed by atoms with E-state index in [2.05, 4.69) is 10.6 Å². The van der Waals surface area contributed by atoms with Gasteiger partial charge in [-0.25, -0.2) is 0 Å². The lowest BCUT2D eigenvalue weighted by molar-refractivity contribution is -0.137. The van der Waals surface area contributed by atoms with Crippen molar-refractivity contribution >= 4 is 24.3 Å². The quantitative estimate of drug-likeness (QED) is 0.403. The number of halogens is 1. The summed E-state index contributed by atoms with van der Waals surface area (Å²) in [5, 5.41) is 22.8. The molecule has 7 heteroatoms. The zero-order chi connectivity index (χ0) is 12.2. The predicted molar refractivity (Wildman–Crippen MR) is 66.7 cm³/mol. The molecule has 0 atom stereocenters. The normalized spacial score (nSPS) is 9.65. The van der Waals surface area contributed by atoms with Crippen LogP contribution in [0.25, 0.3) is 0 Å². The van der Waals surface area contributed by atoms with Crippen LogP contribution >= 0.6 is 12.4 Å². The molecule has 0 rings (SSSR count). The molecule has 17 heavy (non-hydrogen) atoms. The molecular formula is C10H21ClN2O4.